The molecule has 4 atom stereocenters. The quantitative estimate of drug-likeness (QED) is 0.606. The molecule has 0 spiro atoms. The number of ether oxygens (including phenoxy) is 1. The number of hydrogen-bond donors (Lipinski definition) is 1. The molecule has 1 N–H and O–H groups in total. The van der Waals surface area contributed by atoms with Gasteiger partial charge in [0.2, 0.25) is 0 Å². The van der Waals surface area contributed by atoms with E-state index in [0.717, 1.165) is 33.6 Å². The summed E-state index contributed by atoms with van der Waals surface area (Å²) in [6.45, 7) is 9.70. The summed E-state index contributed by atoms with van der Waals surface area (Å²) in [6, 6.07) is 0.390. The molecule has 1 saturated heterocycles. The summed E-state index contributed by atoms with van der Waals surface area (Å²) in [5, 5.41) is 7.43. The Morgan fingerprint density at radius 1 is 1.54 bits per heavy atom. The van der Waals surface area contributed by atoms with Gasteiger partial charge >= 0.3 is 0 Å². The lowest BCUT2D eigenvalue weighted by Crippen LogP contribution is -2.51. The normalized spacial score (nSPS) is 27.8. The Morgan fingerprint density at radius 2 is 2.29 bits per heavy atom. The molecule has 2 aliphatic rings. The Morgan fingerprint density at radius 3 is 2.88 bits per heavy atom. The van der Waals surface area contributed by atoms with Crippen molar-refractivity contribution in [2.75, 3.05) is 12.9 Å². The van der Waals surface area contributed by atoms with E-state index in [0.29, 0.717) is 19.7 Å². The highest BCUT2D eigenvalue weighted by molar-refractivity contribution is 7.89. The number of nitrogens with zero attached hydrogens (tertiary/aromatic N) is 3. The highest BCUT2D eigenvalue weighted by Gasteiger charge is 2.37. The fourth-order valence-electron chi connectivity index (χ4n) is 3.29. The predicted octanol–water partition coefficient (Wildman–Crippen LogP) is 0.654. The molecule has 0 saturated carbocycles. The van der Waals surface area contributed by atoms with Crippen LogP contribution in [0.1, 0.15) is 17.7 Å². The Labute approximate surface area is 145 Å². The molecule has 3 heterocycles. The molecular formula is C15H23N4O3PS. The van der Waals surface area contributed by atoms with Crippen molar-refractivity contribution in [1.29, 1.82) is 0 Å². The van der Waals surface area contributed by atoms with Crippen LogP contribution < -0.4 is 5.09 Å². The number of nitrogens with one attached hydrogen (secondary N) is 1. The fourth-order valence-corrected chi connectivity index (χ4v) is 4.16. The van der Waals surface area contributed by atoms with E-state index in [-0.39, 0.29) is 18.2 Å². The minimum atomic E-state index is -3.33. The van der Waals surface area contributed by atoms with Crippen LogP contribution in [0.2, 0.25) is 0 Å². The highest BCUT2D eigenvalue weighted by atomic mass is 32.2. The molecule has 2 aliphatic heterocycles. The van der Waals surface area contributed by atoms with Gasteiger partial charge in [-0.05, 0) is 12.0 Å². The van der Waals surface area contributed by atoms with Crippen molar-refractivity contribution in [3.8, 4) is 0 Å². The Bertz CT molecular complexity index is 737. The Hall–Kier alpha value is -1.05. The monoisotopic (exact) mass is 370 g/mol. The molecule has 24 heavy (non-hydrogen) atoms. The highest BCUT2D eigenvalue weighted by Crippen LogP contribution is 2.30. The maximum absolute atomic E-state index is 11.6. The van der Waals surface area contributed by atoms with Crippen LogP contribution in [-0.2, 0) is 27.8 Å². The van der Waals surface area contributed by atoms with E-state index in [9.17, 15) is 8.42 Å². The topological polar surface area (TPSA) is 76.5 Å². The van der Waals surface area contributed by atoms with Gasteiger partial charge in [0.1, 0.15) is 0 Å². The van der Waals surface area contributed by atoms with Gasteiger partial charge in [0.25, 0.3) is 10.0 Å². The van der Waals surface area contributed by atoms with Crippen LogP contribution in [0.25, 0.3) is 0 Å². The Kier molecular flexibility index (Phi) is 4.95. The van der Waals surface area contributed by atoms with Gasteiger partial charge in [0.05, 0.1) is 24.7 Å². The van der Waals surface area contributed by atoms with Crippen molar-refractivity contribution in [1.82, 2.24) is 19.2 Å². The molecule has 0 aromatic carbocycles. The van der Waals surface area contributed by atoms with Gasteiger partial charge in [-0.15, -0.1) is 0 Å². The molecule has 0 aliphatic carbocycles. The lowest BCUT2D eigenvalue weighted by atomic mass is 9.94. The van der Waals surface area contributed by atoms with Crippen molar-refractivity contribution in [3.63, 3.8) is 0 Å². The zero-order valence-corrected chi connectivity index (χ0v) is 15.7. The zero-order valence-electron chi connectivity index (χ0n) is 13.7. The lowest BCUT2D eigenvalue weighted by Gasteiger charge is -2.40. The number of aromatic nitrogens is 2. The van der Waals surface area contributed by atoms with E-state index in [1.807, 2.05) is 0 Å². The first kappa shape index (κ1) is 17.8. The van der Waals surface area contributed by atoms with E-state index < -0.39 is 10.0 Å². The molecule has 0 amide bonds. The summed E-state index contributed by atoms with van der Waals surface area (Å²) in [7, 11) is -0.775. The third-order valence-electron chi connectivity index (χ3n) is 4.64. The average molecular weight is 370 g/mol. The van der Waals surface area contributed by atoms with E-state index in [4.69, 9.17) is 4.74 Å². The standard InChI is InChI=1S/C15H23N4O3PS/c1-4-10(2)15-13(17-23)5-12(9-22-15)18-6-11-7-19(24(3,20)21)16-14(11)8-18/h4,7,12-13,15,17H,1-2,5-6,8-9,23H2,3H3. The molecule has 0 bridgehead atoms. The predicted molar refractivity (Wildman–Crippen MR) is 95.8 cm³/mol. The smallest absolute Gasteiger partial charge is 0.250 e. The van der Waals surface area contributed by atoms with Crippen LogP contribution in [-0.4, -0.2) is 53.6 Å². The molecule has 132 valence electrons. The van der Waals surface area contributed by atoms with Crippen molar-refractivity contribution >= 4 is 19.4 Å². The van der Waals surface area contributed by atoms with Crippen molar-refractivity contribution in [2.45, 2.75) is 37.7 Å². The molecule has 0 radical (unpaired) electrons. The number of rotatable bonds is 5. The second-order valence-electron chi connectivity index (χ2n) is 6.34. The SMILES string of the molecule is C=CC(=C)C1OCC(N2Cc3cn(S(C)(=O)=O)nc3C2)CC1NP. The van der Waals surface area contributed by atoms with E-state index >= 15 is 0 Å². The summed E-state index contributed by atoms with van der Waals surface area (Å²) in [4.78, 5) is 2.28. The van der Waals surface area contributed by atoms with E-state index in [1.54, 1.807) is 12.3 Å². The minimum Gasteiger partial charge on any atom is -0.370 e. The first-order valence-corrected chi connectivity index (χ1v) is 10.2. The van der Waals surface area contributed by atoms with Crippen molar-refractivity contribution in [2.24, 2.45) is 0 Å². The van der Waals surface area contributed by atoms with Gasteiger partial charge in [-0.3, -0.25) is 9.99 Å². The van der Waals surface area contributed by atoms with Crippen LogP contribution in [0.15, 0.2) is 31.0 Å². The molecule has 4 unspecified atom stereocenters. The van der Waals surface area contributed by atoms with Crippen LogP contribution in [0.4, 0.5) is 0 Å². The van der Waals surface area contributed by atoms with Crippen LogP contribution in [0.5, 0.6) is 0 Å². The van der Waals surface area contributed by atoms with Gasteiger partial charge in [0, 0.05) is 36.9 Å². The summed E-state index contributed by atoms with van der Waals surface area (Å²) < 4.78 is 30.2. The van der Waals surface area contributed by atoms with Crippen LogP contribution in [0, 0.1) is 0 Å². The largest absolute Gasteiger partial charge is 0.370 e. The summed E-state index contributed by atoms with van der Waals surface area (Å²) in [5.74, 6) is 0. The van der Waals surface area contributed by atoms with Gasteiger partial charge in [-0.25, -0.2) is 8.42 Å². The lowest BCUT2D eigenvalue weighted by molar-refractivity contribution is -0.0351. The molecule has 9 heteroatoms. The van der Waals surface area contributed by atoms with Gasteiger partial charge in [-0.1, -0.05) is 28.6 Å². The maximum Gasteiger partial charge on any atom is 0.250 e. The minimum absolute atomic E-state index is 0.0735. The van der Waals surface area contributed by atoms with Gasteiger partial charge in [0.15, 0.2) is 0 Å². The molecule has 1 aromatic rings. The second kappa shape index (κ2) is 6.69. The first-order valence-electron chi connectivity index (χ1n) is 7.74. The molecule has 7 nitrogen and oxygen atoms in total. The maximum atomic E-state index is 11.6. The van der Waals surface area contributed by atoms with Gasteiger partial charge < -0.3 is 4.74 Å². The third kappa shape index (κ3) is 3.34. The van der Waals surface area contributed by atoms with Crippen LogP contribution >= 0.6 is 9.39 Å². The number of hydrogen-bond acceptors (Lipinski definition) is 6. The van der Waals surface area contributed by atoms with E-state index in [1.165, 1.54) is 0 Å². The fraction of sp³-hybridized carbons (Fsp3) is 0.533. The Balaban J connectivity index is 1.68. The summed E-state index contributed by atoms with van der Waals surface area (Å²) >= 11 is 0. The van der Waals surface area contributed by atoms with Crippen molar-refractivity contribution in [3.05, 3.63) is 42.3 Å². The summed E-state index contributed by atoms with van der Waals surface area (Å²) in [6.07, 6.45) is 5.35. The van der Waals surface area contributed by atoms with Crippen LogP contribution in [0.3, 0.4) is 0 Å². The van der Waals surface area contributed by atoms with E-state index in [2.05, 4.69) is 37.6 Å². The zero-order chi connectivity index (χ0) is 17.5. The van der Waals surface area contributed by atoms with Crippen molar-refractivity contribution < 1.29 is 13.2 Å². The number of fused-ring (bicyclic) bond motifs is 1. The second-order valence-corrected chi connectivity index (χ2v) is 8.51. The molecular weight excluding hydrogens is 347 g/mol. The first-order chi connectivity index (χ1) is 11.3. The average Bonchev–Trinajstić information content (AvgIpc) is 3.12. The third-order valence-corrected chi connectivity index (χ3v) is 5.93. The summed E-state index contributed by atoms with van der Waals surface area (Å²) in [5.41, 5.74) is 2.67. The molecule has 3 rings (SSSR count). The van der Waals surface area contributed by atoms with Gasteiger partial charge in [-0.2, -0.15) is 9.19 Å². The molecule has 1 aromatic heterocycles. The molecule has 1 fully saturated rings.